The summed E-state index contributed by atoms with van der Waals surface area (Å²) in [5.41, 5.74) is 10.1. The van der Waals surface area contributed by atoms with Gasteiger partial charge in [-0.3, -0.25) is 15.4 Å². The zero-order valence-corrected chi connectivity index (χ0v) is 16.1. The predicted octanol–water partition coefficient (Wildman–Crippen LogP) is 2.28. The summed E-state index contributed by atoms with van der Waals surface area (Å²) in [6.07, 6.45) is 0.886. The first-order valence-electron chi connectivity index (χ1n) is 9.56. The van der Waals surface area contributed by atoms with E-state index >= 15 is 0 Å². The number of nitrogens with one attached hydrogen (secondary N) is 2. The largest absolute Gasteiger partial charge is 0.351 e. The summed E-state index contributed by atoms with van der Waals surface area (Å²) < 4.78 is 16.5. The lowest BCUT2D eigenvalue weighted by atomic mass is 9.93. The van der Waals surface area contributed by atoms with Gasteiger partial charge in [0.05, 0.1) is 12.2 Å². The molecule has 2 heterocycles. The second kappa shape index (κ2) is 7.69. The highest BCUT2D eigenvalue weighted by Gasteiger charge is 2.20. The molecule has 0 atom stereocenters. The smallest absolute Gasteiger partial charge is 0.274 e. The van der Waals surface area contributed by atoms with Crippen molar-refractivity contribution in [2.24, 2.45) is 0 Å². The Balaban J connectivity index is 1.69. The lowest BCUT2D eigenvalue weighted by molar-refractivity contribution is 0.621. The number of hydrogen-bond acceptors (Lipinski definition) is 4. The van der Waals surface area contributed by atoms with Crippen LogP contribution in [0.5, 0.6) is 0 Å². The second-order valence-corrected chi connectivity index (χ2v) is 7.15. The summed E-state index contributed by atoms with van der Waals surface area (Å²) in [4.78, 5) is 13.0. The Kier molecular flexibility index (Phi) is 5.11. The molecule has 0 spiro atoms. The molecule has 28 heavy (non-hydrogen) atoms. The van der Waals surface area contributed by atoms with Crippen molar-refractivity contribution in [3.8, 4) is 5.69 Å². The van der Waals surface area contributed by atoms with Crippen molar-refractivity contribution in [3.63, 3.8) is 0 Å². The van der Waals surface area contributed by atoms with Gasteiger partial charge in [-0.15, -0.1) is 0 Å². The van der Waals surface area contributed by atoms with Crippen molar-refractivity contribution in [2.75, 3.05) is 13.1 Å². The molecule has 1 aliphatic rings. The Morgan fingerprint density at radius 1 is 1.18 bits per heavy atom. The standard InChI is InChI=1S/C21H24FN5O/c1-3-16-10-19(7-8-20(16)17-11-23-24-12-17)27-21(28)26(14(2)25-27)13-15-5-4-6-18(22)9-15/h4-10,17,23-24H,3,11-13H2,1-2H3. The highest BCUT2D eigenvalue weighted by atomic mass is 19.1. The fourth-order valence-electron chi connectivity index (χ4n) is 3.77. The van der Waals surface area contributed by atoms with Crippen LogP contribution in [0.2, 0.25) is 0 Å². The number of nitrogens with zero attached hydrogens (tertiary/aromatic N) is 3. The molecule has 2 aromatic carbocycles. The molecular formula is C21H24FN5O. The number of rotatable bonds is 5. The second-order valence-electron chi connectivity index (χ2n) is 7.15. The molecule has 7 heteroatoms. The van der Waals surface area contributed by atoms with Crippen molar-refractivity contribution in [1.82, 2.24) is 25.2 Å². The molecule has 4 rings (SSSR count). The third-order valence-corrected chi connectivity index (χ3v) is 5.29. The average Bonchev–Trinajstić information content (AvgIpc) is 3.32. The first-order valence-corrected chi connectivity index (χ1v) is 9.56. The molecule has 1 aliphatic heterocycles. The molecule has 1 aromatic heterocycles. The maximum absolute atomic E-state index is 13.5. The normalized spacial score (nSPS) is 14.7. The van der Waals surface area contributed by atoms with Crippen LogP contribution >= 0.6 is 0 Å². The van der Waals surface area contributed by atoms with Crippen LogP contribution in [0.1, 0.15) is 35.4 Å². The van der Waals surface area contributed by atoms with Gasteiger partial charge in [0.25, 0.3) is 0 Å². The van der Waals surface area contributed by atoms with Crippen LogP contribution in [-0.2, 0) is 13.0 Å². The van der Waals surface area contributed by atoms with E-state index in [1.54, 1.807) is 23.6 Å². The van der Waals surface area contributed by atoms with Gasteiger partial charge in [-0.1, -0.05) is 25.1 Å². The van der Waals surface area contributed by atoms with E-state index in [-0.39, 0.29) is 11.5 Å². The number of benzene rings is 2. The van der Waals surface area contributed by atoms with Gasteiger partial charge in [0, 0.05) is 19.0 Å². The van der Waals surface area contributed by atoms with Gasteiger partial charge >= 0.3 is 5.69 Å². The molecule has 0 saturated carbocycles. The molecule has 0 unspecified atom stereocenters. The van der Waals surface area contributed by atoms with Crippen LogP contribution in [0, 0.1) is 12.7 Å². The third kappa shape index (κ3) is 3.50. The lowest BCUT2D eigenvalue weighted by Crippen LogP contribution is -2.25. The number of aromatic nitrogens is 3. The molecule has 1 fully saturated rings. The van der Waals surface area contributed by atoms with Crippen LogP contribution in [-0.4, -0.2) is 27.4 Å². The van der Waals surface area contributed by atoms with Crippen LogP contribution in [0.25, 0.3) is 5.69 Å². The Morgan fingerprint density at radius 3 is 2.68 bits per heavy atom. The number of halogens is 1. The summed E-state index contributed by atoms with van der Waals surface area (Å²) in [5, 5.41) is 4.45. The van der Waals surface area contributed by atoms with Crippen LogP contribution in [0.3, 0.4) is 0 Å². The van der Waals surface area contributed by atoms with E-state index in [0.717, 1.165) is 30.8 Å². The fourth-order valence-corrected chi connectivity index (χ4v) is 3.77. The van der Waals surface area contributed by atoms with E-state index in [1.807, 2.05) is 12.1 Å². The predicted molar refractivity (Wildman–Crippen MR) is 106 cm³/mol. The average molecular weight is 381 g/mol. The van der Waals surface area contributed by atoms with Gasteiger partial charge in [-0.2, -0.15) is 9.78 Å². The van der Waals surface area contributed by atoms with E-state index < -0.39 is 0 Å². The zero-order chi connectivity index (χ0) is 19.7. The first-order chi connectivity index (χ1) is 13.6. The number of aryl methyl sites for hydroxylation is 2. The fraction of sp³-hybridized carbons (Fsp3) is 0.333. The molecule has 3 aromatic rings. The molecule has 0 amide bonds. The van der Waals surface area contributed by atoms with E-state index in [9.17, 15) is 9.18 Å². The van der Waals surface area contributed by atoms with Gasteiger partial charge in [-0.05, 0) is 54.3 Å². The monoisotopic (exact) mass is 381 g/mol. The highest BCUT2D eigenvalue weighted by molar-refractivity contribution is 5.42. The Labute approximate surface area is 163 Å². The maximum Gasteiger partial charge on any atom is 0.351 e. The summed E-state index contributed by atoms with van der Waals surface area (Å²) in [7, 11) is 0. The Hall–Kier alpha value is -2.77. The SMILES string of the molecule is CCc1cc(-n2nc(C)n(Cc3cccc(F)c3)c2=O)ccc1C1CNNC1. The minimum Gasteiger partial charge on any atom is -0.274 e. The highest BCUT2D eigenvalue weighted by Crippen LogP contribution is 2.24. The van der Waals surface area contributed by atoms with Crippen molar-refractivity contribution >= 4 is 0 Å². The first kappa shape index (κ1) is 18.6. The van der Waals surface area contributed by atoms with E-state index in [1.165, 1.54) is 27.9 Å². The van der Waals surface area contributed by atoms with Gasteiger partial charge in [0.15, 0.2) is 0 Å². The minimum atomic E-state index is -0.310. The summed E-state index contributed by atoms with van der Waals surface area (Å²) in [5.74, 6) is 0.711. The molecule has 0 bridgehead atoms. The molecule has 2 N–H and O–H groups in total. The number of hydrogen-bond donors (Lipinski definition) is 2. The lowest BCUT2D eigenvalue weighted by Gasteiger charge is -2.14. The van der Waals surface area contributed by atoms with Crippen molar-refractivity contribution in [1.29, 1.82) is 0 Å². The van der Waals surface area contributed by atoms with Crippen molar-refractivity contribution < 1.29 is 4.39 Å². The Morgan fingerprint density at radius 2 is 1.96 bits per heavy atom. The molecule has 1 saturated heterocycles. The summed E-state index contributed by atoms with van der Waals surface area (Å²) in [6.45, 7) is 6.00. The van der Waals surface area contributed by atoms with Gasteiger partial charge in [0.1, 0.15) is 11.6 Å². The molecule has 0 radical (unpaired) electrons. The van der Waals surface area contributed by atoms with Gasteiger partial charge in [0.2, 0.25) is 0 Å². The third-order valence-electron chi connectivity index (χ3n) is 5.29. The topological polar surface area (TPSA) is 63.9 Å². The molecule has 0 aliphatic carbocycles. The van der Waals surface area contributed by atoms with Gasteiger partial charge in [-0.25, -0.2) is 9.18 Å². The van der Waals surface area contributed by atoms with E-state index in [2.05, 4.69) is 28.9 Å². The van der Waals surface area contributed by atoms with Gasteiger partial charge < -0.3 is 0 Å². The zero-order valence-electron chi connectivity index (χ0n) is 16.1. The molecular weight excluding hydrogens is 357 g/mol. The summed E-state index contributed by atoms with van der Waals surface area (Å²) in [6, 6.07) is 12.4. The van der Waals surface area contributed by atoms with Crippen molar-refractivity contribution in [2.45, 2.75) is 32.7 Å². The maximum atomic E-state index is 13.5. The summed E-state index contributed by atoms with van der Waals surface area (Å²) >= 11 is 0. The van der Waals surface area contributed by atoms with E-state index in [4.69, 9.17) is 0 Å². The number of hydrazine groups is 1. The molecule has 146 valence electrons. The minimum absolute atomic E-state index is 0.222. The van der Waals surface area contributed by atoms with Crippen LogP contribution in [0.4, 0.5) is 4.39 Å². The van der Waals surface area contributed by atoms with E-state index in [0.29, 0.717) is 18.3 Å². The molecule has 6 nitrogen and oxygen atoms in total. The van der Waals surface area contributed by atoms with Crippen LogP contribution < -0.4 is 16.5 Å². The van der Waals surface area contributed by atoms with Crippen molar-refractivity contribution in [3.05, 3.63) is 81.3 Å². The Bertz CT molecular complexity index is 1050. The quantitative estimate of drug-likeness (QED) is 0.712. The van der Waals surface area contributed by atoms with Crippen LogP contribution in [0.15, 0.2) is 47.3 Å².